The summed E-state index contributed by atoms with van der Waals surface area (Å²) in [5.41, 5.74) is 1.13. The molecule has 1 heterocycles. The van der Waals surface area contributed by atoms with Gasteiger partial charge in [-0.15, -0.1) is 11.3 Å². The molecule has 0 aliphatic heterocycles. The van der Waals surface area contributed by atoms with Gasteiger partial charge in [0.1, 0.15) is 0 Å². The van der Waals surface area contributed by atoms with E-state index in [0.29, 0.717) is 0 Å². The molecule has 0 radical (unpaired) electrons. The molecule has 14 heavy (non-hydrogen) atoms. The Bertz CT molecular complexity index is 315. The molecule has 0 aromatic carbocycles. The minimum absolute atomic E-state index is 0.116. The Labute approximate surface area is 97.1 Å². The number of hydrogen-bond donors (Lipinski definition) is 0. The molecule has 1 amide bonds. The van der Waals surface area contributed by atoms with Gasteiger partial charge in [-0.2, -0.15) is 0 Å². The van der Waals surface area contributed by atoms with Crippen LogP contribution in [0.1, 0.15) is 28.6 Å². The minimum Gasteiger partial charge on any atom is -0.341 e. The van der Waals surface area contributed by atoms with Gasteiger partial charge in [0.05, 0.1) is 8.66 Å². The largest absolute Gasteiger partial charge is 0.341 e. The Kier molecular flexibility index (Phi) is 4.13. The maximum atomic E-state index is 11.8. The molecule has 0 spiro atoms. The van der Waals surface area contributed by atoms with Gasteiger partial charge in [-0.1, -0.05) is 6.92 Å². The predicted molar refractivity (Wildman–Crippen MR) is 64.0 cm³/mol. The molecule has 0 saturated carbocycles. The molecule has 1 aromatic heterocycles. The van der Waals surface area contributed by atoms with Crippen LogP contribution in [0.15, 0.2) is 9.85 Å². The van der Waals surface area contributed by atoms with Gasteiger partial charge in [0.2, 0.25) is 0 Å². The summed E-state index contributed by atoms with van der Waals surface area (Å²) in [6, 6.07) is 1.93. The zero-order chi connectivity index (χ0) is 10.7. The second-order valence-corrected chi connectivity index (χ2v) is 5.66. The predicted octanol–water partition coefficient (Wildman–Crippen LogP) is 3.30. The summed E-state index contributed by atoms with van der Waals surface area (Å²) in [7, 11) is 1.84. The Morgan fingerprint density at radius 3 is 2.71 bits per heavy atom. The van der Waals surface area contributed by atoms with Crippen molar-refractivity contribution < 1.29 is 4.79 Å². The summed E-state index contributed by atoms with van der Waals surface area (Å²) < 4.78 is 1.05. The highest BCUT2D eigenvalue weighted by atomic mass is 79.9. The number of carbonyl (C=O) groups excluding carboxylic acids is 1. The standard InChI is InChI=1S/C10H14BrNOS/c1-4-5-12(3)10(13)8-6-7(2)9(11)14-8/h6H,4-5H2,1-3H3. The van der Waals surface area contributed by atoms with Crippen molar-refractivity contribution in [2.24, 2.45) is 0 Å². The van der Waals surface area contributed by atoms with E-state index in [1.807, 2.05) is 20.0 Å². The lowest BCUT2D eigenvalue weighted by molar-refractivity contribution is 0.0800. The number of thiophene rings is 1. The first kappa shape index (κ1) is 11.7. The van der Waals surface area contributed by atoms with E-state index in [-0.39, 0.29) is 5.91 Å². The van der Waals surface area contributed by atoms with Crippen LogP contribution in [-0.4, -0.2) is 24.4 Å². The van der Waals surface area contributed by atoms with E-state index < -0.39 is 0 Å². The minimum atomic E-state index is 0.116. The molecule has 0 aliphatic carbocycles. The quantitative estimate of drug-likeness (QED) is 0.829. The molecule has 0 N–H and O–H groups in total. The van der Waals surface area contributed by atoms with Crippen molar-refractivity contribution in [1.82, 2.24) is 4.90 Å². The van der Waals surface area contributed by atoms with Crippen LogP contribution in [0.25, 0.3) is 0 Å². The molecule has 0 fully saturated rings. The zero-order valence-electron chi connectivity index (χ0n) is 8.63. The number of amides is 1. The molecular weight excluding hydrogens is 262 g/mol. The van der Waals surface area contributed by atoms with Gasteiger partial charge in [-0.05, 0) is 40.9 Å². The molecular formula is C10H14BrNOS. The molecule has 1 rings (SSSR count). The van der Waals surface area contributed by atoms with E-state index in [0.717, 1.165) is 27.2 Å². The summed E-state index contributed by atoms with van der Waals surface area (Å²) >= 11 is 4.92. The Morgan fingerprint density at radius 2 is 2.29 bits per heavy atom. The number of rotatable bonds is 3. The maximum Gasteiger partial charge on any atom is 0.263 e. The fourth-order valence-electron chi connectivity index (χ4n) is 1.19. The molecule has 0 aliphatic rings. The number of carbonyl (C=O) groups is 1. The molecule has 0 atom stereocenters. The van der Waals surface area contributed by atoms with Crippen LogP contribution in [-0.2, 0) is 0 Å². The summed E-state index contributed by atoms with van der Waals surface area (Å²) in [6.07, 6.45) is 0.994. The van der Waals surface area contributed by atoms with Crippen molar-refractivity contribution in [1.29, 1.82) is 0 Å². The molecule has 4 heteroatoms. The lowest BCUT2D eigenvalue weighted by Gasteiger charge is -2.14. The highest BCUT2D eigenvalue weighted by Gasteiger charge is 2.14. The van der Waals surface area contributed by atoms with Crippen molar-refractivity contribution in [3.05, 3.63) is 20.3 Å². The Morgan fingerprint density at radius 1 is 1.64 bits per heavy atom. The molecule has 0 saturated heterocycles. The lowest BCUT2D eigenvalue weighted by atomic mass is 10.3. The van der Waals surface area contributed by atoms with Gasteiger partial charge in [-0.3, -0.25) is 4.79 Å². The van der Waals surface area contributed by atoms with E-state index in [9.17, 15) is 4.79 Å². The maximum absolute atomic E-state index is 11.8. The number of nitrogens with zero attached hydrogens (tertiary/aromatic N) is 1. The molecule has 0 unspecified atom stereocenters. The van der Waals surface area contributed by atoms with Crippen molar-refractivity contribution in [2.45, 2.75) is 20.3 Å². The molecule has 2 nitrogen and oxygen atoms in total. The Hall–Kier alpha value is -0.350. The zero-order valence-corrected chi connectivity index (χ0v) is 11.0. The first-order chi connectivity index (χ1) is 6.56. The number of hydrogen-bond acceptors (Lipinski definition) is 2. The van der Waals surface area contributed by atoms with Gasteiger partial charge >= 0.3 is 0 Å². The fraction of sp³-hybridized carbons (Fsp3) is 0.500. The normalized spacial score (nSPS) is 10.3. The summed E-state index contributed by atoms with van der Waals surface area (Å²) in [4.78, 5) is 14.4. The highest BCUT2D eigenvalue weighted by molar-refractivity contribution is 9.11. The van der Waals surface area contributed by atoms with Crippen molar-refractivity contribution in [2.75, 3.05) is 13.6 Å². The summed E-state index contributed by atoms with van der Waals surface area (Å²) in [5.74, 6) is 0.116. The van der Waals surface area contributed by atoms with Crippen LogP contribution in [0.5, 0.6) is 0 Å². The molecule has 78 valence electrons. The van der Waals surface area contributed by atoms with Gasteiger partial charge in [-0.25, -0.2) is 0 Å². The topological polar surface area (TPSA) is 20.3 Å². The number of aryl methyl sites for hydroxylation is 1. The monoisotopic (exact) mass is 275 g/mol. The van der Waals surface area contributed by atoms with E-state index in [1.54, 1.807) is 4.90 Å². The van der Waals surface area contributed by atoms with Gasteiger partial charge in [0, 0.05) is 13.6 Å². The third-order valence-electron chi connectivity index (χ3n) is 1.97. The lowest BCUT2D eigenvalue weighted by Crippen LogP contribution is -2.26. The molecule has 1 aromatic rings. The fourth-order valence-corrected chi connectivity index (χ4v) is 2.72. The van der Waals surface area contributed by atoms with Crippen LogP contribution in [0.3, 0.4) is 0 Å². The van der Waals surface area contributed by atoms with E-state index in [4.69, 9.17) is 0 Å². The molecule has 0 bridgehead atoms. The van der Waals surface area contributed by atoms with Crippen LogP contribution in [0.4, 0.5) is 0 Å². The van der Waals surface area contributed by atoms with E-state index in [1.165, 1.54) is 11.3 Å². The van der Waals surface area contributed by atoms with Crippen LogP contribution in [0, 0.1) is 6.92 Å². The third kappa shape index (κ3) is 2.58. The first-order valence-electron chi connectivity index (χ1n) is 4.57. The highest BCUT2D eigenvalue weighted by Crippen LogP contribution is 2.27. The average Bonchev–Trinajstić information content (AvgIpc) is 2.46. The first-order valence-corrected chi connectivity index (χ1v) is 6.18. The van der Waals surface area contributed by atoms with Crippen molar-refractivity contribution in [3.63, 3.8) is 0 Å². The van der Waals surface area contributed by atoms with E-state index in [2.05, 4.69) is 22.9 Å². The van der Waals surface area contributed by atoms with E-state index >= 15 is 0 Å². The van der Waals surface area contributed by atoms with Crippen LogP contribution < -0.4 is 0 Å². The van der Waals surface area contributed by atoms with Crippen molar-refractivity contribution >= 4 is 33.2 Å². The van der Waals surface area contributed by atoms with Gasteiger partial charge < -0.3 is 4.90 Å². The summed E-state index contributed by atoms with van der Waals surface area (Å²) in [6.45, 7) is 4.88. The van der Waals surface area contributed by atoms with Crippen molar-refractivity contribution in [3.8, 4) is 0 Å². The SMILES string of the molecule is CCCN(C)C(=O)c1cc(C)c(Br)s1. The average molecular weight is 276 g/mol. The van der Waals surface area contributed by atoms with Gasteiger partial charge in [0.25, 0.3) is 5.91 Å². The summed E-state index contributed by atoms with van der Waals surface area (Å²) in [5, 5.41) is 0. The van der Waals surface area contributed by atoms with Crippen LogP contribution >= 0.6 is 27.3 Å². The van der Waals surface area contributed by atoms with Gasteiger partial charge in [0.15, 0.2) is 0 Å². The third-order valence-corrected chi connectivity index (χ3v) is 4.10. The number of halogens is 1. The Balaban J connectivity index is 2.79. The second-order valence-electron chi connectivity index (χ2n) is 3.29. The van der Waals surface area contributed by atoms with Crippen LogP contribution in [0.2, 0.25) is 0 Å². The smallest absolute Gasteiger partial charge is 0.263 e. The second kappa shape index (κ2) is 4.94.